The van der Waals surface area contributed by atoms with Gasteiger partial charge in [0.15, 0.2) is 4.80 Å². The monoisotopic (exact) mass is 258 g/mol. The minimum Gasteiger partial charge on any atom is -0.324 e. The molecule has 2 rings (SSSR count). The van der Waals surface area contributed by atoms with Crippen molar-refractivity contribution in [1.29, 1.82) is 5.41 Å². The van der Waals surface area contributed by atoms with E-state index in [-0.39, 0.29) is 12.4 Å². The van der Waals surface area contributed by atoms with Crippen LogP contribution >= 0.6 is 46.9 Å². The van der Waals surface area contributed by atoms with Crippen LogP contribution in [0.1, 0.15) is 6.42 Å². The van der Waals surface area contributed by atoms with Crippen molar-refractivity contribution in [2.45, 2.75) is 17.3 Å². The maximum atomic E-state index is 7.50. The van der Waals surface area contributed by atoms with E-state index >= 15 is 0 Å². The largest absolute Gasteiger partial charge is 0.324 e. The van der Waals surface area contributed by atoms with Gasteiger partial charge < -0.3 is 4.57 Å². The fourth-order valence-corrected chi connectivity index (χ4v) is 2.27. The molecule has 0 aromatic carbocycles. The van der Waals surface area contributed by atoms with E-state index in [4.69, 9.17) is 28.6 Å². The second-order valence-electron chi connectivity index (χ2n) is 3.02. The number of hydrogen-bond donors (Lipinski definition) is 1. The van der Waals surface area contributed by atoms with E-state index in [1.165, 1.54) is 11.3 Å². The minimum absolute atomic E-state index is 0. The second kappa shape index (κ2) is 3.81. The molecule has 0 saturated heterocycles. The molecule has 1 aliphatic carbocycles. The van der Waals surface area contributed by atoms with Crippen LogP contribution in [0.5, 0.6) is 0 Å². The van der Waals surface area contributed by atoms with Crippen LogP contribution in [0.25, 0.3) is 0 Å². The van der Waals surface area contributed by atoms with Gasteiger partial charge in [-0.15, -0.1) is 46.9 Å². The van der Waals surface area contributed by atoms with Crippen molar-refractivity contribution < 1.29 is 0 Å². The summed E-state index contributed by atoms with van der Waals surface area (Å²) in [6.07, 6.45) is 2.74. The summed E-state index contributed by atoms with van der Waals surface area (Å²) < 4.78 is 1.35. The first-order valence-corrected chi connectivity index (χ1v) is 5.29. The number of hydrogen-bond acceptors (Lipinski definition) is 2. The highest BCUT2D eigenvalue weighted by Crippen LogP contribution is 2.53. The zero-order valence-corrected chi connectivity index (χ0v) is 9.81. The van der Waals surface area contributed by atoms with Crippen LogP contribution < -0.4 is 4.80 Å². The lowest BCUT2D eigenvalue weighted by molar-refractivity contribution is 0.603. The third-order valence-corrected chi connectivity index (χ3v) is 3.70. The van der Waals surface area contributed by atoms with Gasteiger partial charge in [-0.25, -0.2) is 0 Å². The van der Waals surface area contributed by atoms with Crippen molar-refractivity contribution in [1.82, 2.24) is 4.57 Å². The van der Waals surface area contributed by atoms with Gasteiger partial charge in [-0.2, -0.15) is 0 Å². The van der Waals surface area contributed by atoms with Gasteiger partial charge in [0.25, 0.3) is 0 Å². The Balaban J connectivity index is 0.000000845. The number of thiazole rings is 1. The van der Waals surface area contributed by atoms with Crippen LogP contribution in [0.2, 0.25) is 0 Å². The summed E-state index contributed by atoms with van der Waals surface area (Å²) in [7, 11) is 0. The molecular weight excluding hydrogens is 251 g/mol. The molecule has 0 bridgehead atoms. The smallest absolute Gasteiger partial charge is 0.181 e. The lowest BCUT2D eigenvalue weighted by atomic mass is 10.4. The van der Waals surface area contributed by atoms with E-state index in [1.807, 2.05) is 16.1 Å². The van der Waals surface area contributed by atoms with E-state index in [0.29, 0.717) is 10.7 Å². The fraction of sp³-hybridized carbons (Fsp3) is 0.571. The topological polar surface area (TPSA) is 28.8 Å². The Morgan fingerprint density at radius 2 is 2.31 bits per heavy atom. The summed E-state index contributed by atoms with van der Waals surface area (Å²) in [5.41, 5.74) is 0. The van der Waals surface area contributed by atoms with Crippen molar-refractivity contribution in [3.63, 3.8) is 0 Å². The number of rotatable bonds is 2. The highest BCUT2D eigenvalue weighted by molar-refractivity contribution is 7.06. The molecule has 1 aliphatic rings. The van der Waals surface area contributed by atoms with Crippen LogP contribution in [0.15, 0.2) is 11.6 Å². The molecule has 2 nitrogen and oxygen atoms in total. The average Bonchev–Trinajstić information content (AvgIpc) is 2.39. The van der Waals surface area contributed by atoms with Gasteiger partial charge in [0.1, 0.15) is 4.33 Å². The molecule has 1 atom stereocenters. The Kier molecular flexibility index (Phi) is 3.33. The number of nitrogens with one attached hydrogen (secondary N) is 1. The predicted molar refractivity (Wildman–Crippen MR) is 58.0 cm³/mol. The molecule has 13 heavy (non-hydrogen) atoms. The highest BCUT2D eigenvalue weighted by Gasteiger charge is 2.51. The zero-order valence-electron chi connectivity index (χ0n) is 6.67. The van der Waals surface area contributed by atoms with Gasteiger partial charge in [0.2, 0.25) is 0 Å². The van der Waals surface area contributed by atoms with E-state index < -0.39 is 4.33 Å². The van der Waals surface area contributed by atoms with Crippen molar-refractivity contribution in [2.75, 3.05) is 0 Å². The van der Waals surface area contributed by atoms with Crippen molar-refractivity contribution in [3.8, 4) is 0 Å². The molecule has 0 aliphatic heterocycles. The second-order valence-corrected chi connectivity index (χ2v) is 5.46. The van der Waals surface area contributed by atoms with Crippen LogP contribution in [-0.4, -0.2) is 8.90 Å². The Labute approximate surface area is 96.4 Å². The predicted octanol–water partition coefficient (Wildman–Crippen LogP) is 2.64. The van der Waals surface area contributed by atoms with E-state index in [1.54, 1.807) is 0 Å². The Hall–Kier alpha value is 0.300. The molecule has 1 heterocycles. The number of aromatic nitrogens is 1. The van der Waals surface area contributed by atoms with Gasteiger partial charge >= 0.3 is 0 Å². The van der Waals surface area contributed by atoms with E-state index in [2.05, 4.69) is 0 Å². The molecule has 1 aromatic rings. The first kappa shape index (κ1) is 11.4. The molecule has 1 saturated carbocycles. The van der Waals surface area contributed by atoms with Crippen molar-refractivity contribution in [3.05, 3.63) is 16.4 Å². The number of nitrogens with zero attached hydrogens (tertiary/aromatic N) is 1. The van der Waals surface area contributed by atoms with Gasteiger partial charge in [-0.05, 0) is 6.42 Å². The van der Waals surface area contributed by atoms with Gasteiger partial charge in [-0.1, -0.05) is 0 Å². The molecule has 1 fully saturated rings. The van der Waals surface area contributed by atoms with Crippen LogP contribution in [0.4, 0.5) is 0 Å². The Bertz CT molecular complexity index is 344. The number of alkyl halides is 2. The highest BCUT2D eigenvalue weighted by atomic mass is 35.5. The Morgan fingerprint density at radius 3 is 2.69 bits per heavy atom. The maximum Gasteiger partial charge on any atom is 0.181 e. The van der Waals surface area contributed by atoms with Crippen LogP contribution in [0, 0.1) is 11.3 Å². The molecule has 1 aromatic heterocycles. The summed E-state index contributed by atoms with van der Waals surface area (Å²) in [5.74, 6) is 0.324. The molecule has 0 amide bonds. The molecule has 1 unspecified atom stereocenters. The normalized spacial score (nSPS) is 23.7. The van der Waals surface area contributed by atoms with Crippen LogP contribution in [-0.2, 0) is 6.54 Å². The third-order valence-electron chi connectivity index (χ3n) is 2.05. The number of halogens is 3. The van der Waals surface area contributed by atoms with E-state index in [9.17, 15) is 0 Å². The van der Waals surface area contributed by atoms with Gasteiger partial charge in [-0.3, -0.25) is 5.41 Å². The summed E-state index contributed by atoms with van der Waals surface area (Å²) in [6.45, 7) is 0.773. The molecule has 0 spiro atoms. The van der Waals surface area contributed by atoms with E-state index in [0.717, 1.165) is 13.0 Å². The fourth-order valence-electron chi connectivity index (χ4n) is 1.15. The molecule has 6 heteroatoms. The summed E-state index contributed by atoms with van der Waals surface area (Å²) >= 11 is 13.2. The standard InChI is InChI=1S/C7H8Cl2N2S.ClH/c8-7(9)3-5(7)4-11-1-2-12-6(11)10;/h1-2,5,10H,3-4H2;1H. The van der Waals surface area contributed by atoms with Gasteiger partial charge in [0.05, 0.1) is 0 Å². The minimum atomic E-state index is -0.526. The van der Waals surface area contributed by atoms with Crippen LogP contribution in [0.3, 0.4) is 0 Å². The third kappa shape index (κ3) is 2.40. The average molecular weight is 260 g/mol. The lowest BCUT2D eigenvalue weighted by Crippen LogP contribution is -2.14. The maximum absolute atomic E-state index is 7.50. The van der Waals surface area contributed by atoms with Crippen molar-refractivity contribution in [2.24, 2.45) is 5.92 Å². The first-order chi connectivity index (χ1) is 5.59. The SMILES string of the molecule is Cl.N=c1sccn1CC1CC1(Cl)Cl. The summed E-state index contributed by atoms with van der Waals surface area (Å²) in [5, 5.41) is 9.39. The molecule has 0 radical (unpaired) electrons. The zero-order chi connectivity index (χ0) is 8.77. The summed E-state index contributed by atoms with van der Waals surface area (Å²) in [4.78, 5) is 0.561. The quantitative estimate of drug-likeness (QED) is 0.791. The summed E-state index contributed by atoms with van der Waals surface area (Å²) in [6, 6.07) is 0. The van der Waals surface area contributed by atoms with Crippen molar-refractivity contribution >= 4 is 46.9 Å². The molecule has 74 valence electrons. The first-order valence-electron chi connectivity index (χ1n) is 3.66. The van der Waals surface area contributed by atoms with Gasteiger partial charge in [0, 0.05) is 24.0 Å². The lowest BCUT2D eigenvalue weighted by Gasteiger charge is -2.00. The Morgan fingerprint density at radius 1 is 1.69 bits per heavy atom. The molecule has 1 N–H and O–H groups in total. The molecular formula is C7H9Cl3N2S.